The van der Waals surface area contributed by atoms with Gasteiger partial charge in [-0.05, 0) is 56.3 Å². The first-order valence-electron chi connectivity index (χ1n) is 7.79. The summed E-state index contributed by atoms with van der Waals surface area (Å²) >= 11 is 0. The number of nitrogens with zero attached hydrogens (tertiary/aromatic N) is 2. The molecule has 2 amide bonds. The van der Waals surface area contributed by atoms with Crippen LogP contribution in [0.2, 0.25) is 0 Å². The summed E-state index contributed by atoms with van der Waals surface area (Å²) in [6.45, 7) is 3.77. The first-order chi connectivity index (χ1) is 12.0. The molecule has 0 spiro atoms. The molecule has 1 heterocycles. The van der Waals surface area contributed by atoms with Crippen LogP contribution in [0.25, 0.3) is 22.8 Å². The van der Waals surface area contributed by atoms with E-state index in [1.165, 1.54) is 12.1 Å². The second kappa shape index (κ2) is 7.12. The molecule has 0 bridgehead atoms. The monoisotopic (exact) mass is 340 g/mol. The highest BCUT2D eigenvalue weighted by molar-refractivity contribution is 5.89. The first-order valence-corrected chi connectivity index (χ1v) is 7.79. The predicted octanol–water partition coefficient (Wildman–Crippen LogP) is 4.07. The molecule has 0 aliphatic heterocycles. The van der Waals surface area contributed by atoms with Crippen molar-refractivity contribution in [2.45, 2.75) is 19.9 Å². The quantitative estimate of drug-likeness (QED) is 0.750. The van der Waals surface area contributed by atoms with Crippen LogP contribution < -0.4 is 10.6 Å². The number of urea groups is 1. The molecule has 2 aromatic carbocycles. The zero-order chi connectivity index (χ0) is 17.8. The Kier molecular flexibility index (Phi) is 4.74. The van der Waals surface area contributed by atoms with Crippen LogP contribution in [0.1, 0.15) is 13.8 Å². The van der Waals surface area contributed by atoms with Gasteiger partial charge in [0, 0.05) is 22.9 Å². The Labute approximate surface area is 144 Å². The van der Waals surface area contributed by atoms with Gasteiger partial charge in [0.25, 0.3) is 5.89 Å². The minimum absolute atomic E-state index is 0.0554. The van der Waals surface area contributed by atoms with Crippen molar-refractivity contribution in [1.29, 1.82) is 0 Å². The molecule has 7 heteroatoms. The molecule has 1 aromatic heterocycles. The van der Waals surface area contributed by atoms with Gasteiger partial charge in [0.2, 0.25) is 5.82 Å². The third kappa shape index (κ3) is 4.20. The fraction of sp³-hybridized carbons (Fsp3) is 0.167. The molecule has 0 radical (unpaired) electrons. The number of carbonyl (C=O) groups excluding carboxylic acids is 1. The highest BCUT2D eigenvalue weighted by atomic mass is 19.1. The number of rotatable bonds is 4. The van der Waals surface area contributed by atoms with Crippen LogP contribution in [0, 0.1) is 5.82 Å². The Bertz CT molecular complexity index is 875. The summed E-state index contributed by atoms with van der Waals surface area (Å²) in [5, 5.41) is 9.39. The van der Waals surface area contributed by atoms with Crippen LogP contribution in [0.15, 0.2) is 53.1 Å². The highest BCUT2D eigenvalue weighted by Crippen LogP contribution is 2.23. The van der Waals surface area contributed by atoms with E-state index in [0.29, 0.717) is 17.1 Å². The van der Waals surface area contributed by atoms with Crippen LogP contribution in [0.3, 0.4) is 0 Å². The van der Waals surface area contributed by atoms with Gasteiger partial charge in [-0.2, -0.15) is 4.98 Å². The van der Waals surface area contributed by atoms with E-state index in [0.717, 1.165) is 5.56 Å². The van der Waals surface area contributed by atoms with E-state index < -0.39 is 0 Å². The topological polar surface area (TPSA) is 80.0 Å². The number of aromatic nitrogens is 2. The summed E-state index contributed by atoms with van der Waals surface area (Å²) in [4.78, 5) is 16.0. The average molecular weight is 340 g/mol. The normalized spacial score (nSPS) is 10.7. The number of hydrogen-bond acceptors (Lipinski definition) is 4. The van der Waals surface area contributed by atoms with Crippen molar-refractivity contribution >= 4 is 11.7 Å². The second-order valence-corrected chi connectivity index (χ2v) is 5.76. The van der Waals surface area contributed by atoms with Gasteiger partial charge in [-0.1, -0.05) is 11.2 Å². The zero-order valence-corrected chi connectivity index (χ0v) is 13.8. The lowest BCUT2D eigenvalue weighted by molar-refractivity contribution is 0.250. The Hall–Kier alpha value is -3.22. The van der Waals surface area contributed by atoms with Crippen molar-refractivity contribution in [3.8, 4) is 22.8 Å². The molecule has 25 heavy (non-hydrogen) atoms. The summed E-state index contributed by atoms with van der Waals surface area (Å²) in [7, 11) is 0. The smallest absolute Gasteiger partial charge is 0.319 e. The number of amides is 2. The van der Waals surface area contributed by atoms with Gasteiger partial charge >= 0.3 is 6.03 Å². The standard InChI is InChI=1S/C18H17FN4O2/c1-11(2)20-18(24)21-15-8-6-12(7-9-15)16-22-17(25-23-16)13-4-3-5-14(19)10-13/h3-11H,1-2H3,(H2,20,21,24). The fourth-order valence-corrected chi connectivity index (χ4v) is 2.21. The van der Waals surface area contributed by atoms with E-state index in [4.69, 9.17) is 4.52 Å². The van der Waals surface area contributed by atoms with Gasteiger partial charge in [0.05, 0.1) is 0 Å². The Morgan fingerprint density at radius 1 is 1.12 bits per heavy atom. The largest absolute Gasteiger partial charge is 0.336 e. The third-order valence-corrected chi connectivity index (χ3v) is 3.32. The molecule has 3 aromatic rings. The predicted molar refractivity (Wildman–Crippen MR) is 92.4 cm³/mol. The summed E-state index contributed by atoms with van der Waals surface area (Å²) in [6, 6.07) is 12.8. The van der Waals surface area contributed by atoms with E-state index in [1.54, 1.807) is 36.4 Å². The molecule has 0 unspecified atom stereocenters. The Morgan fingerprint density at radius 2 is 1.88 bits per heavy atom. The van der Waals surface area contributed by atoms with Crippen molar-refractivity contribution in [3.05, 3.63) is 54.3 Å². The molecule has 0 atom stereocenters. The van der Waals surface area contributed by atoms with Crippen LogP contribution in [-0.2, 0) is 0 Å². The second-order valence-electron chi connectivity index (χ2n) is 5.76. The molecule has 0 saturated carbocycles. The molecule has 0 fully saturated rings. The van der Waals surface area contributed by atoms with Crippen molar-refractivity contribution < 1.29 is 13.7 Å². The van der Waals surface area contributed by atoms with E-state index in [-0.39, 0.29) is 23.8 Å². The van der Waals surface area contributed by atoms with E-state index in [1.807, 2.05) is 13.8 Å². The van der Waals surface area contributed by atoms with Gasteiger partial charge < -0.3 is 15.2 Å². The fourth-order valence-electron chi connectivity index (χ4n) is 2.21. The van der Waals surface area contributed by atoms with Crippen molar-refractivity contribution in [3.63, 3.8) is 0 Å². The maximum absolute atomic E-state index is 13.3. The molecule has 2 N–H and O–H groups in total. The number of anilines is 1. The van der Waals surface area contributed by atoms with Crippen LogP contribution >= 0.6 is 0 Å². The molecule has 6 nitrogen and oxygen atoms in total. The van der Waals surface area contributed by atoms with Crippen LogP contribution in [-0.4, -0.2) is 22.2 Å². The van der Waals surface area contributed by atoms with E-state index in [9.17, 15) is 9.18 Å². The number of halogens is 1. The number of hydrogen-bond donors (Lipinski definition) is 2. The van der Waals surface area contributed by atoms with Crippen molar-refractivity contribution in [2.24, 2.45) is 0 Å². The summed E-state index contributed by atoms with van der Waals surface area (Å²) in [6.07, 6.45) is 0. The highest BCUT2D eigenvalue weighted by Gasteiger charge is 2.11. The number of carbonyl (C=O) groups is 1. The Morgan fingerprint density at radius 3 is 2.56 bits per heavy atom. The van der Waals surface area contributed by atoms with Crippen LogP contribution in [0.4, 0.5) is 14.9 Å². The first kappa shape index (κ1) is 16.6. The van der Waals surface area contributed by atoms with E-state index >= 15 is 0 Å². The Balaban J connectivity index is 1.74. The summed E-state index contributed by atoms with van der Waals surface area (Å²) < 4.78 is 18.5. The summed E-state index contributed by atoms with van der Waals surface area (Å²) in [5.41, 5.74) is 1.89. The molecular formula is C18H17FN4O2. The average Bonchev–Trinajstić information content (AvgIpc) is 3.05. The maximum atomic E-state index is 13.3. The number of nitrogens with one attached hydrogen (secondary N) is 2. The van der Waals surface area contributed by atoms with Crippen LogP contribution in [0.5, 0.6) is 0 Å². The molecule has 3 rings (SSSR count). The molecule has 0 saturated heterocycles. The lowest BCUT2D eigenvalue weighted by Gasteiger charge is -2.10. The van der Waals surface area contributed by atoms with Crippen molar-refractivity contribution in [1.82, 2.24) is 15.5 Å². The van der Waals surface area contributed by atoms with Gasteiger partial charge in [-0.15, -0.1) is 0 Å². The summed E-state index contributed by atoms with van der Waals surface area (Å²) in [5.74, 6) is 0.262. The van der Waals surface area contributed by atoms with Gasteiger partial charge in [-0.25, -0.2) is 9.18 Å². The van der Waals surface area contributed by atoms with Gasteiger partial charge in [0.15, 0.2) is 0 Å². The maximum Gasteiger partial charge on any atom is 0.319 e. The lowest BCUT2D eigenvalue weighted by Crippen LogP contribution is -2.34. The van der Waals surface area contributed by atoms with Gasteiger partial charge in [0.1, 0.15) is 5.82 Å². The number of benzene rings is 2. The van der Waals surface area contributed by atoms with Gasteiger partial charge in [-0.3, -0.25) is 0 Å². The zero-order valence-electron chi connectivity index (χ0n) is 13.8. The SMILES string of the molecule is CC(C)NC(=O)Nc1ccc(-c2noc(-c3cccc(F)c3)n2)cc1. The lowest BCUT2D eigenvalue weighted by atomic mass is 10.2. The molecule has 128 valence electrons. The van der Waals surface area contributed by atoms with Crippen molar-refractivity contribution in [2.75, 3.05) is 5.32 Å². The third-order valence-electron chi connectivity index (χ3n) is 3.32. The minimum Gasteiger partial charge on any atom is -0.336 e. The molecular weight excluding hydrogens is 323 g/mol. The molecule has 0 aliphatic rings. The minimum atomic E-state index is -0.368. The van der Waals surface area contributed by atoms with E-state index in [2.05, 4.69) is 20.8 Å². The molecule has 0 aliphatic carbocycles.